The van der Waals surface area contributed by atoms with Crippen LogP contribution in [0.1, 0.15) is 32.1 Å². The Morgan fingerprint density at radius 3 is 2.35 bits per heavy atom. The Kier molecular flexibility index (Phi) is 4.45. The summed E-state index contributed by atoms with van der Waals surface area (Å²) in [5, 5.41) is 0. The molecule has 0 atom stereocenters. The maximum Gasteiger partial charge on any atom is 0.244 e. The van der Waals surface area contributed by atoms with E-state index in [0.717, 1.165) is 15.1 Å². The average Bonchev–Trinajstić information content (AvgIpc) is 2.57. The summed E-state index contributed by atoms with van der Waals surface area (Å²) < 4.78 is 27.3. The average molecular weight is 340 g/mol. The van der Waals surface area contributed by atoms with Crippen molar-refractivity contribution in [2.24, 2.45) is 0 Å². The maximum atomic E-state index is 12.5. The molecule has 0 saturated carbocycles. The number of aryl methyl sites for hydroxylation is 1. The Morgan fingerprint density at radius 2 is 2.00 bits per heavy atom. The zero-order valence-corrected chi connectivity index (χ0v) is 14.0. The highest BCUT2D eigenvalue weighted by molar-refractivity contribution is 9.11. The van der Waals surface area contributed by atoms with Crippen LogP contribution in [-0.4, -0.2) is 25.3 Å². The van der Waals surface area contributed by atoms with Gasteiger partial charge in [-0.1, -0.05) is 6.92 Å². The molecule has 0 aliphatic heterocycles. The second kappa shape index (κ2) is 4.99. The van der Waals surface area contributed by atoms with Gasteiger partial charge in [-0.3, -0.25) is 0 Å². The lowest BCUT2D eigenvalue weighted by Crippen LogP contribution is -2.44. The summed E-state index contributed by atoms with van der Waals surface area (Å²) in [4.78, 5) is 1.22. The van der Waals surface area contributed by atoms with E-state index in [4.69, 9.17) is 0 Å². The van der Waals surface area contributed by atoms with Gasteiger partial charge in [-0.25, -0.2) is 8.42 Å². The van der Waals surface area contributed by atoms with Crippen LogP contribution in [0.3, 0.4) is 0 Å². The number of sulfonamides is 1. The minimum atomic E-state index is -3.40. The maximum absolute atomic E-state index is 12.5. The Labute approximate surface area is 116 Å². The van der Waals surface area contributed by atoms with Gasteiger partial charge in [0.15, 0.2) is 0 Å². The number of thiophene rings is 1. The molecule has 1 aromatic rings. The summed E-state index contributed by atoms with van der Waals surface area (Å²) >= 11 is 4.77. The summed E-state index contributed by atoms with van der Waals surface area (Å²) in [7, 11) is -1.76. The predicted octanol–water partition coefficient (Wildman–Crippen LogP) is 3.63. The molecule has 0 spiro atoms. The Morgan fingerprint density at radius 1 is 1.47 bits per heavy atom. The van der Waals surface area contributed by atoms with Gasteiger partial charge in [0, 0.05) is 17.5 Å². The van der Waals surface area contributed by atoms with E-state index in [2.05, 4.69) is 15.9 Å². The quantitative estimate of drug-likeness (QED) is 0.839. The third-order valence-electron chi connectivity index (χ3n) is 3.20. The monoisotopic (exact) mass is 339 g/mol. The van der Waals surface area contributed by atoms with E-state index in [1.54, 1.807) is 13.1 Å². The minimum absolute atomic E-state index is 0.375. The lowest BCUT2D eigenvalue weighted by Gasteiger charge is -2.33. The predicted molar refractivity (Wildman–Crippen MR) is 76.1 cm³/mol. The molecule has 17 heavy (non-hydrogen) atoms. The van der Waals surface area contributed by atoms with Crippen molar-refractivity contribution in [1.29, 1.82) is 0 Å². The largest absolute Gasteiger partial charge is 0.244 e. The van der Waals surface area contributed by atoms with E-state index in [1.807, 2.05) is 27.7 Å². The number of rotatable bonds is 4. The zero-order valence-electron chi connectivity index (χ0n) is 10.7. The van der Waals surface area contributed by atoms with E-state index >= 15 is 0 Å². The van der Waals surface area contributed by atoms with E-state index in [0.29, 0.717) is 4.90 Å². The molecule has 0 aromatic carbocycles. The first-order valence-electron chi connectivity index (χ1n) is 5.38. The second-order valence-corrected chi connectivity index (χ2v) is 9.18. The smallest absolute Gasteiger partial charge is 0.207 e. The molecule has 0 fully saturated rings. The second-order valence-electron chi connectivity index (χ2n) is 4.61. The van der Waals surface area contributed by atoms with E-state index in [1.165, 1.54) is 15.6 Å². The first kappa shape index (κ1) is 15.1. The lowest BCUT2D eigenvalue weighted by molar-refractivity contribution is 0.257. The van der Waals surface area contributed by atoms with E-state index in [-0.39, 0.29) is 5.54 Å². The molecule has 1 rings (SSSR count). The molecule has 0 unspecified atom stereocenters. The van der Waals surface area contributed by atoms with Gasteiger partial charge in [-0.15, -0.1) is 11.3 Å². The summed E-state index contributed by atoms with van der Waals surface area (Å²) in [5.41, 5.74) is -0.375. The van der Waals surface area contributed by atoms with Crippen molar-refractivity contribution in [1.82, 2.24) is 4.31 Å². The molecule has 98 valence electrons. The van der Waals surface area contributed by atoms with Crippen LogP contribution in [0.15, 0.2) is 14.7 Å². The van der Waals surface area contributed by atoms with Crippen LogP contribution >= 0.6 is 27.3 Å². The molecule has 0 aliphatic rings. The third kappa shape index (κ3) is 2.92. The Bertz CT molecular complexity index is 506. The topological polar surface area (TPSA) is 37.4 Å². The van der Waals surface area contributed by atoms with Gasteiger partial charge in [0.2, 0.25) is 10.0 Å². The molecule has 0 N–H and O–H groups in total. The number of nitrogens with zero attached hydrogens (tertiary/aromatic N) is 1. The van der Waals surface area contributed by atoms with Gasteiger partial charge < -0.3 is 0 Å². The van der Waals surface area contributed by atoms with Crippen molar-refractivity contribution in [3.05, 3.63) is 14.7 Å². The summed E-state index contributed by atoms with van der Waals surface area (Å²) in [6, 6.07) is 1.68. The molecular formula is C11H18BrNO2S2. The minimum Gasteiger partial charge on any atom is -0.207 e. The van der Waals surface area contributed by atoms with Crippen LogP contribution in [0, 0.1) is 6.92 Å². The highest BCUT2D eigenvalue weighted by atomic mass is 79.9. The van der Waals surface area contributed by atoms with E-state index < -0.39 is 10.0 Å². The number of hydrogen-bond acceptors (Lipinski definition) is 3. The van der Waals surface area contributed by atoms with Crippen LogP contribution in [0.5, 0.6) is 0 Å². The number of hydrogen-bond donors (Lipinski definition) is 0. The fraction of sp³-hybridized carbons (Fsp3) is 0.636. The Hall–Kier alpha value is 0.0900. The highest BCUT2D eigenvalue weighted by Crippen LogP contribution is 2.33. The molecular weight excluding hydrogens is 322 g/mol. The normalized spacial score (nSPS) is 13.4. The fourth-order valence-corrected chi connectivity index (χ4v) is 5.34. The van der Waals surface area contributed by atoms with Gasteiger partial charge >= 0.3 is 0 Å². The van der Waals surface area contributed by atoms with Gasteiger partial charge in [0.05, 0.1) is 8.68 Å². The molecule has 3 nitrogen and oxygen atoms in total. The molecule has 1 heterocycles. The molecule has 0 radical (unpaired) electrons. The van der Waals surface area contributed by atoms with Crippen LogP contribution in [0.4, 0.5) is 0 Å². The molecule has 6 heteroatoms. The van der Waals surface area contributed by atoms with Crippen molar-refractivity contribution >= 4 is 37.3 Å². The van der Waals surface area contributed by atoms with Crippen molar-refractivity contribution in [2.45, 2.75) is 44.6 Å². The van der Waals surface area contributed by atoms with Crippen molar-refractivity contribution in [3.8, 4) is 0 Å². The van der Waals surface area contributed by atoms with Gasteiger partial charge in [-0.05, 0) is 49.2 Å². The summed E-state index contributed by atoms with van der Waals surface area (Å²) in [5.74, 6) is 0. The van der Waals surface area contributed by atoms with Crippen molar-refractivity contribution < 1.29 is 8.42 Å². The third-order valence-corrected chi connectivity index (χ3v) is 7.08. The fourth-order valence-electron chi connectivity index (χ4n) is 1.38. The summed E-state index contributed by atoms with van der Waals surface area (Å²) in [6.07, 6.45) is 0.771. The Balaban J connectivity index is 3.25. The SMILES string of the molecule is CCC(C)(C)N(C)S(=O)(=O)c1cc(Br)sc1C. The first-order chi connectivity index (χ1) is 7.63. The summed E-state index contributed by atoms with van der Waals surface area (Å²) in [6.45, 7) is 7.68. The van der Waals surface area contributed by atoms with Gasteiger partial charge in [-0.2, -0.15) is 4.31 Å². The van der Waals surface area contributed by atoms with Crippen LogP contribution in [-0.2, 0) is 10.0 Å². The molecule has 0 bridgehead atoms. The number of halogens is 1. The van der Waals surface area contributed by atoms with Gasteiger partial charge in [0.1, 0.15) is 0 Å². The van der Waals surface area contributed by atoms with Crippen LogP contribution in [0.25, 0.3) is 0 Å². The standard InChI is InChI=1S/C11H18BrNO2S2/c1-6-11(3,4)13(5)17(14,15)9-7-10(12)16-8(9)2/h7H,6H2,1-5H3. The van der Waals surface area contributed by atoms with E-state index in [9.17, 15) is 8.42 Å². The van der Waals surface area contributed by atoms with Crippen LogP contribution in [0.2, 0.25) is 0 Å². The first-order valence-corrected chi connectivity index (χ1v) is 8.43. The highest BCUT2D eigenvalue weighted by Gasteiger charge is 2.34. The van der Waals surface area contributed by atoms with Crippen molar-refractivity contribution in [3.63, 3.8) is 0 Å². The molecule has 0 saturated heterocycles. The van der Waals surface area contributed by atoms with Crippen molar-refractivity contribution in [2.75, 3.05) is 7.05 Å². The molecule has 1 aromatic heterocycles. The van der Waals surface area contributed by atoms with Gasteiger partial charge in [0.25, 0.3) is 0 Å². The lowest BCUT2D eigenvalue weighted by atomic mass is 10.0. The molecule has 0 aliphatic carbocycles. The molecule has 0 amide bonds. The zero-order chi connectivity index (χ0) is 13.4. The van der Waals surface area contributed by atoms with Crippen LogP contribution < -0.4 is 0 Å².